The SMILES string of the molecule is CCCCCNC(=NC)NCc1ncnn1C. The lowest BCUT2D eigenvalue weighted by atomic mass is 10.2. The molecule has 1 aromatic heterocycles. The Morgan fingerprint density at radius 3 is 2.82 bits per heavy atom. The van der Waals surface area contributed by atoms with E-state index < -0.39 is 0 Å². The highest BCUT2D eigenvalue weighted by Gasteiger charge is 2.01. The number of nitrogens with one attached hydrogen (secondary N) is 2. The lowest BCUT2D eigenvalue weighted by Gasteiger charge is -2.11. The van der Waals surface area contributed by atoms with Crippen molar-refractivity contribution in [3.63, 3.8) is 0 Å². The fourth-order valence-corrected chi connectivity index (χ4v) is 1.45. The third-order valence-corrected chi connectivity index (χ3v) is 2.52. The van der Waals surface area contributed by atoms with Gasteiger partial charge in [0, 0.05) is 20.6 Å². The molecule has 1 heterocycles. The molecule has 0 aliphatic carbocycles. The lowest BCUT2D eigenvalue weighted by molar-refractivity contribution is 0.658. The molecular formula is C11H22N6. The molecular weight excluding hydrogens is 216 g/mol. The summed E-state index contributed by atoms with van der Waals surface area (Å²) in [4.78, 5) is 8.29. The Bertz CT molecular complexity index is 343. The molecule has 6 nitrogen and oxygen atoms in total. The van der Waals surface area contributed by atoms with Gasteiger partial charge in [-0.1, -0.05) is 19.8 Å². The minimum absolute atomic E-state index is 0.629. The summed E-state index contributed by atoms with van der Waals surface area (Å²) in [5.41, 5.74) is 0. The van der Waals surface area contributed by atoms with E-state index in [-0.39, 0.29) is 0 Å². The van der Waals surface area contributed by atoms with Crippen LogP contribution in [0.25, 0.3) is 0 Å². The highest BCUT2D eigenvalue weighted by Crippen LogP contribution is 1.92. The first kappa shape index (κ1) is 13.5. The first-order valence-corrected chi connectivity index (χ1v) is 6.05. The van der Waals surface area contributed by atoms with E-state index in [1.165, 1.54) is 19.3 Å². The molecule has 0 unspecified atom stereocenters. The monoisotopic (exact) mass is 238 g/mol. The quantitative estimate of drug-likeness (QED) is 0.434. The zero-order valence-electron chi connectivity index (χ0n) is 10.9. The van der Waals surface area contributed by atoms with Gasteiger partial charge in [0.2, 0.25) is 0 Å². The number of hydrogen-bond donors (Lipinski definition) is 2. The maximum absolute atomic E-state index is 4.15. The van der Waals surface area contributed by atoms with Gasteiger partial charge in [-0.2, -0.15) is 5.10 Å². The third-order valence-electron chi connectivity index (χ3n) is 2.52. The van der Waals surface area contributed by atoms with Crippen LogP contribution in [-0.2, 0) is 13.6 Å². The number of aliphatic imine (C=N–C) groups is 1. The van der Waals surface area contributed by atoms with Crippen LogP contribution in [0.15, 0.2) is 11.3 Å². The minimum atomic E-state index is 0.629. The second-order valence-corrected chi connectivity index (χ2v) is 3.86. The standard InChI is InChI=1S/C11H22N6/c1-4-5-6-7-13-11(12-2)14-8-10-15-9-16-17(10)3/h9H,4-8H2,1-3H3,(H2,12,13,14). The van der Waals surface area contributed by atoms with Crippen LogP contribution in [0.5, 0.6) is 0 Å². The Kier molecular flexibility index (Phi) is 6.06. The summed E-state index contributed by atoms with van der Waals surface area (Å²) in [6, 6.07) is 0. The first-order chi connectivity index (χ1) is 8.27. The average Bonchev–Trinajstić information content (AvgIpc) is 2.74. The molecule has 1 aromatic rings. The molecule has 0 amide bonds. The van der Waals surface area contributed by atoms with Crippen LogP contribution in [0, 0.1) is 0 Å². The van der Waals surface area contributed by atoms with Crippen LogP contribution in [0.2, 0.25) is 0 Å². The smallest absolute Gasteiger partial charge is 0.191 e. The van der Waals surface area contributed by atoms with Crippen molar-refractivity contribution in [3.05, 3.63) is 12.2 Å². The van der Waals surface area contributed by atoms with E-state index in [1.54, 1.807) is 18.1 Å². The maximum atomic E-state index is 4.15. The number of unbranched alkanes of at least 4 members (excludes halogenated alkanes) is 2. The van der Waals surface area contributed by atoms with E-state index in [2.05, 4.69) is 32.6 Å². The molecule has 0 saturated heterocycles. The summed E-state index contributed by atoms with van der Waals surface area (Å²) in [5.74, 6) is 1.70. The second kappa shape index (κ2) is 7.65. The third kappa shape index (κ3) is 4.84. The van der Waals surface area contributed by atoms with E-state index in [0.717, 1.165) is 18.3 Å². The normalized spacial score (nSPS) is 11.6. The van der Waals surface area contributed by atoms with Crippen molar-refractivity contribution in [2.45, 2.75) is 32.7 Å². The Hall–Kier alpha value is -1.59. The molecule has 0 aliphatic heterocycles. The van der Waals surface area contributed by atoms with Crippen LogP contribution in [0.3, 0.4) is 0 Å². The average molecular weight is 238 g/mol. The summed E-state index contributed by atoms with van der Waals surface area (Å²) in [5, 5.41) is 10.5. The van der Waals surface area contributed by atoms with Gasteiger partial charge in [-0.25, -0.2) is 4.98 Å². The fourth-order valence-electron chi connectivity index (χ4n) is 1.45. The predicted octanol–water partition coefficient (Wildman–Crippen LogP) is 0.670. The topological polar surface area (TPSA) is 67.1 Å². The van der Waals surface area contributed by atoms with E-state index in [9.17, 15) is 0 Å². The summed E-state index contributed by atoms with van der Waals surface area (Å²) in [6.45, 7) is 3.78. The molecule has 96 valence electrons. The minimum Gasteiger partial charge on any atom is -0.356 e. The zero-order chi connectivity index (χ0) is 12.5. The van der Waals surface area contributed by atoms with Crippen molar-refractivity contribution in [1.82, 2.24) is 25.4 Å². The molecule has 0 atom stereocenters. The Labute approximate surface area is 103 Å². The Morgan fingerprint density at radius 2 is 2.24 bits per heavy atom. The van der Waals surface area contributed by atoms with Gasteiger partial charge >= 0.3 is 0 Å². The van der Waals surface area contributed by atoms with Gasteiger partial charge < -0.3 is 10.6 Å². The van der Waals surface area contributed by atoms with Gasteiger partial charge in [-0.3, -0.25) is 9.67 Å². The van der Waals surface area contributed by atoms with Gasteiger partial charge in [-0.05, 0) is 6.42 Å². The summed E-state index contributed by atoms with van der Waals surface area (Å²) >= 11 is 0. The van der Waals surface area contributed by atoms with Crippen molar-refractivity contribution in [3.8, 4) is 0 Å². The Balaban J connectivity index is 2.26. The molecule has 1 rings (SSSR count). The number of guanidine groups is 1. The van der Waals surface area contributed by atoms with Gasteiger partial charge in [0.25, 0.3) is 0 Å². The molecule has 0 saturated carbocycles. The van der Waals surface area contributed by atoms with Gasteiger partial charge in [-0.15, -0.1) is 0 Å². The van der Waals surface area contributed by atoms with E-state index in [0.29, 0.717) is 6.54 Å². The number of aromatic nitrogens is 3. The van der Waals surface area contributed by atoms with Crippen LogP contribution >= 0.6 is 0 Å². The molecule has 17 heavy (non-hydrogen) atoms. The largest absolute Gasteiger partial charge is 0.356 e. The van der Waals surface area contributed by atoms with Crippen molar-refractivity contribution in [2.24, 2.45) is 12.0 Å². The molecule has 2 N–H and O–H groups in total. The van der Waals surface area contributed by atoms with Crippen molar-refractivity contribution < 1.29 is 0 Å². The first-order valence-electron chi connectivity index (χ1n) is 6.05. The van der Waals surface area contributed by atoms with Gasteiger partial charge in [0.15, 0.2) is 5.96 Å². The molecule has 0 bridgehead atoms. The number of aryl methyl sites for hydroxylation is 1. The van der Waals surface area contributed by atoms with Crippen LogP contribution in [-0.4, -0.2) is 34.3 Å². The summed E-state index contributed by atoms with van der Waals surface area (Å²) in [7, 11) is 3.65. The van der Waals surface area contributed by atoms with Gasteiger partial charge in [0.1, 0.15) is 12.2 Å². The molecule has 0 fully saturated rings. The highest BCUT2D eigenvalue weighted by molar-refractivity contribution is 5.79. The molecule has 0 aliphatic rings. The predicted molar refractivity (Wildman–Crippen MR) is 68.7 cm³/mol. The number of rotatable bonds is 6. The van der Waals surface area contributed by atoms with Crippen LogP contribution in [0.1, 0.15) is 32.0 Å². The molecule has 6 heteroatoms. The molecule has 0 aromatic carbocycles. The summed E-state index contributed by atoms with van der Waals surface area (Å²) in [6.07, 6.45) is 5.19. The van der Waals surface area contributed by atoms with E-state index in [4.69, 9.17) is 0 Å². The fraction of sp³-hybridized carbons (Fsp3) is 0.727. The van der Waals surface area contributed by atoms with E-state index >= 15 is 0 Å². The number of nitrogens with zero attached hydrogens (tertiary/aromatic N) is 4. The van der Waals surface area contributed by atoms with Crippen LogP contribution < -0.4 is 10.6 Å². The maximum Gasteiger partial charge on any atom is 0.191 e. The van der Waals surface area contributed by atoms with Crippen molar-refractivity contribution in [1.29, 1.82) is 0 Å². The second-order valence-electron chi connectivity index (χ2n) is 3.86. The van der Waals surface area contributed by atoms with Crippen molar-refractivity contribution >= 4 is 5.96 Å². The number of hydrogen-bond acceptors (Lipinski definition) is 3. The van der Waals surface area contributed by atoms with E-state index in [1.807, 2.05) is 7.05 Å². The summed E-state index contributed by atoms with van der Waals surface area (Å²) < 4.78 is 1.75. The highest BCUT2D eigenvalue weighted by atomic mass is 15.3. The Morgan fingerprint density at radius 1 is 1.41 bits per heavy atom. The lowest BCUT2D eigenvalue weighted by Crippen LogP contribution is -2.37. The zero-order valence-corrected chi connectivity index (χ0v) is 10.9. The van der Waals surface area contributed by atoms with Crippen LogP contribution in [0.4, 0.5) is 0 Å². The molecule has 0 spiro atoms. The molecule has 0 radical (unpaired) electrons. The van der Waals surface area contributed by atoms with Crippen molar-refractivity contribution in [2.75, 3.05) is 13.6 Å². The van der Waals surface area contributed by atoms with Gasteiger partial charge in [0.05, 0.1) is 6.54 Å².